The van der Waals surface area contributed by atoms with Crippen molar-refractivity contribution in [2.75, 3.05) is 29.5 Å². The maximum atomic E-state index is 13.2. The predicted molar refractivity (Wildman–Crippen MR) is 100 cm³/mol. The number of benzene rings is 1. The Kier molecular flexibility index (Phi) is 5.67. The molecule has 0 aromatic heterocycles. The molecule has 1 aliphatic heterocycles. The van der Waals surface area contributed by atoms with Crippen molar-refractivity contribution in [1.82, 2.24) is 4.90 Å². The molecular weight excluding hydrogens is 336 g/mol. The van der Waals surface area contributed by atoms with Gasteiger partial charge in [0.05, 0.1) is 18.1 Å². The molecular formula is C19H28N2O3S. The third-order valence-electron chi connectivity index (χ3n) is 5.44. The molecule has 1 amide bonds. The van der Waals surface area contributed by atoms with Crippen LogP contribution in [0.25, 0.3) is 0 Å². The van der Waals surface area contributed by atoms with E-state index in [0.717, 1.165) is 37.9 Å². The van der Waals surface area contributed by atoms with Gasteiger partial charge in [-0.1, -0.05) is 31.0 Å². The molecule has 3 rings (SSSR count). The lowest BCUT2D eigenvalue weighted by atomic mass is 10.1. The number of para-hydroxylation sites is 1. The lowest BCUT2D eigenvalue weighted by Crippen LogP contribution is -2.50. The molecule has 5 nitrogen and oxygen atoms in total. The highest BCUT2D eigenvalue weighted by molar-refractivity contribution is 7.91. The Bertz CT molecular complexity index is 684. The lowest BCUT2D eigenvalue weighted by Gasteiger charge is -2.36. The molecule has 6 heteroatoms. The van der Waals surface area contributed by atoms with Gasteiger partial charge in [-0.15, -0.1) is 0 Å². The molecule has 0 radical (unpaired) electrons. The van der Waals surface area contributed by atoms with Crippen LogP contribution in [0, 0.1) is 0 Å². The van der Waals surface area contributed by atoms with Gasteiger partial charge in [0.2, 0.25) is 5.91 Å². The SMILES string of the molecule is CCN(CC(=O)N(C1CCCC1)C1CCS(=O)(=O)C1)c1ccccc1. The maximum Gasteiger partial charge on any atom is 0.242 e. The van der Waals surface area contributed by atoms with Gasteiger partial charge in [0, 0.05) is 24.3 Å². The van der Waals surface area contributed by atoms with Crippen LogP contribution in [-0.2, 0) is 14.6 Å². The average Bonchev–Trinajstić information content (AvgIpc) is 3.24. The lowest BCUT2D eigenvalue weighted by molar-refractivity contribution is -0.134. The van der Waals surface area contributed by atoms with Gasteiger partial charge in [-0.05, 0) is 38.3 Å². The van der Waals surface area contributed by atoms with Crippen LogP contribution in [0.3, 0.4) is 0 Å². The van der Waals surface area contributed by atoms with E-state index in [-0.39, 0.29) is 29.5 Å². The number of carbonyl (C=O) groups excluding carboxylic acids is 1. The van der Waals surface area contributed by atoms with Crippen LogP contribution < -0.4 is 4.90 Å². The molecule has 1 aromatic carbocycles. The minimum Gasteiger partial charge on any atom is -0.362 e. The van der Waals surface area contributed by atoms with Crippen LogP contribution in [0.2, 0.25) is 0 Å². The van der Waals surface area contributed by atoms with Crippen molar-refractivity contribution >= 4 is 21.4 Å². The van der Waals surface area contributed by atoms with Crippen LogP contribution in [-0.4, -0.2) is 55.9 Å². The van der Waals surface area contributed by atoms with Gasteiger partial charge in [-0.25, -0.2) is 8.42 Å². The highest BCUT2D eigenvalue weighted by Crippen LogP contribution is 2.29. The summed E-state index contributed by atoms with van der Waals surface area (Å²) in [7, 11) is -3.00. The first kappa shape index (κ1) is 18.2. The summed E-state index contributed by atoms with van der Waals surface area (Å²) in [6.45, 7) is 3.10. The van der Waals surface area contributed by atoms with Gasteiger partial charge in [0.15, 0.2) is 9.84 Å². The summed E-state index contributed by atoms with van der Waals surface area (Å²) in [5.41, 5.74) is 1.03. The van der Waals surface area contributed by atoms with Crippen molar-refractivity contribution in [1.29, 1.82) is 0 Å². The average molecular weight is 365 g/mol. The Labute approximate surface area is 150 Å². The van der Waals surface area contributed by atoms with E-state index in [9.17, 15) is 13.2 Å². The van der Waals surface area contributed by atoms with E-state index in [1.807, 2.05) is 42.2 Å². The van der Waals surface area contributed by atoms with Gasteiger partial charge >= 0.3 is 0 Å². The van der Waals surface area contributed by atoms with Crippen LogP contribution in [0.5, 0.6) is 0 Å². The van der Waals surface area contributed by atoms with Crippen molar-refractivity contribution in [3.05, 3.63) is 30.3 Å². The summed E-state index contributed by atoms with van der Waals surface area (Å²) in [6, 6.07) is 10.00. The molecule has 1 atom stereocenters. The van der Waals surface area contributed by atoms with Crippen LogP contribution in [0.15, 0.2) is 30.3 Å². The second-order valence-corrected chi connectivity index (χ2v) is 9.37. The van der Waals surface area contributed by atoms with E-state index in [2.05, 4.69) is 4.90 Å². The number of carbonyl (C=O) groups is 1. The number of anilines is 1. The topological polar surface area (TPSA) is 57.7 Å². The largest absolute Gasteiger partial charge is 0.362 e. The van der Waals surface area contributed by atoms with E-state index in [1.54, 1.807) is 0 Å². The molecule has 138 valence electrons. The number of amides is 1. The molecule has 1 aliphatic carbocycles. The maximum absolute atomic E-state index is 13.2. The van der Waals surface area contributed by atoms with Gasteiger partial charge in [0.1, 0.15) is 0 Å². The molecule has 2 fully saturated rings. The summed E-state index contributed by atoms with van der Waals surface area (Å²) in [6.07, 6.45) is 4.84. The first-order valence-corrected chi connectivity index (χ1v) is 11.1. The molecule has 1 saturated carbocycles. The summed E-state index contributed by atoms with van der Waals surface area (Å²) in [5, 5.41) is 0. The van der Waals surface area contributed by atoms with E-state index in [1.165, 1.54) is 0 Å². The fraction of sp³-hybridized carbons (Fsp3) is 0.632. The number of likely N-dealkylation sites (N-methyl/N-ethyl adjacent to an activating group) is 1. The molecule has 1 aromatic rings. The van der Waals surface area contributed by atoms with Crippen LogP contribution >= 0.6 is 0 Å². The summed E-state index contributed by atoms with van der Waals surface area (Å²) in [4.78, 5) is 17.2. The predicted octanol–water partition coefficient (Wildman–Crippen LogP) is 2.47. The minimum atomic E-state index is -3.00. The Balaban J connectivity index is 1.76. The molecule has 0 spiro atoms. The standard InChI is InChI=1S/C19H28N2O3S/c1-2-20(16-8-4-3-5-9-16)14-19(22)21(17-10-6-7-11-17)18-12-13-25(23,24)15-18/h3-5,8-9,17-18H,2,6-7,10-15H2,1H3. The zero-order chi connectivity index (χ0) is 17.9. The Morgan fingerprint density at radius 2 is 1.76 bits per heavy atom. The summed E-state index contributed by atoms with van der Waals surface area (Å²) < 4.78 is 23.9. The third kappa shape index (κ3) is 4.35. The van der Waals surface area contributed by atoms with E-state index in [0.29, 0.717) is 13.0 Å². The minimum absolute atomic E-state index is 0.0692. The fourth-order valence-electron chi connectivity index (χ4n) is 4.15. The zero-order valence-electron chi connectivity index (χ0n) is 14.9. The molecule has 2 aliphatic rings. The zero-order valence-corrected chi connectivity index (χ0v) is 15.7. The van der Waals surface area contributed by atoms with E-state index < -0.39 is 9.84 Å². The normalized spacial score (nSPS) is 22.8. The van der Waals surface area contributed by atoms with Crippen molar-refractivity contribution in [3.8, 4) is 0 Å². The number of hydrogen-bond donors (Lipinski definition) is 0. The molecule has 0 N–H and O–H groups in total. The van der Waals surface area contributed by atoms with Gasteiger partial charge < -0.3 is 9.80 Å². The van der Waals surface area contributed by atoms with Crippen molar-refractivity contribution in [2.45, 2.75) is 51.1 Å². The third-order valence-corrected chi connectivity index (χ3v) is 7.19. The van der Waals surface area contributed by atoms with Crippen molar-refractivity contribution in [2.24, 2.45) is 0 Å². The summed E-state index contributed by atoms with van der Waals surface area (Å²) in [5.74, 6) is 0.413. The van der Waals surface area contributed by atoms with Crippen LogP contribution in [0.1, 0.15) is 39.0 Å². The molecule has 1 heterocycles. The van der Waals surface area contributed by atoms with Gasteiger partial charge in [0.25, 0.3) is 0 Å². The monoisotopic (exact) mass is 364 g/mol. The number of hydrogen-bond acceptors (Lipinski definition) is 4. The van der Waals surface area contributed by atoms with Crippen molar-refractivity contribution in [3.63, 3.8) is 0 Å². The highest BCUT2D eigenvalue weighted by Gasteiger charge is 2.39. The first-order chi connectivity index (χ1) is 12.0. The highest BCUT2D eigenvalue weighted by atomic mass is 32.2. The van der Waals surface area contributed by atoms with Crippen LogP contribution in [0.4, 0.5) is 5.69 Å². The molecule has 25 heavy (non-hydrogen) atoms. The van der Waals surface area contributed by atoms with E-state index >= 15 is 0 Å². The van der Waals surface area contributed by atoms with Gasteiger partial charge in [-0.3, -0.25) is 4.79 Å². The molecule has 1 saturated heterocycles. The first-order valence-electron chi connectivity index (χ1n) is 9.32. The van der Waals surface area contributed by atoms with Crippen molar-refractivity contribution < 1.29 is 13.2 Å². The summed E-state index contributed by atoms with van der Waals surface area (Å²) >= 11 is 0. The fourth-order valence-corrected chi connectivity index (χ4v) is 5.86. The second-order valence-electron chi connectivity index (χ2n) is 7.15. The van der Waals surface area contributed by atoms with Gasteiger partial charge in [-0.2, -0.15) is 0 Å². The molecule has 0 bridgehead atoms. The number of rotatable bonds is 6. The van der Waals surface area contributed by atoms with E-state index in [4.69, 9.17) is 0 Å². The number of sulfone groups is 1. The Hall–Kier alpha value is -1.56. The quantitative estimate of drug-likeness (QED) is 0.778. The second kappa shape index (κ2) is 7.77. The smallest absolute Gasteiger partial charge is 0.242 e. The Morgan fingerprint density at radius 3 is 2.32 bits per heavy atom. The molecule has 1 unspecified atom stereocenters. The Morgan fingerprint density at radius 1 is 1.08 bits per heavy atom. The number of nitrogens with zero attached hydrogens (tertiary/aromatic N) is 2.